The normalized spacial score (nSPS) is 18.4. The number of benzene rings is 1. The fraction of sp³-hybridized carbons (Fsp3) is 0.125. The number of aromatic nitrogens is 4. The summed E-state index contributed by atoms with van der Waals surface area (Å²) in [5, 5.41) is 24.1. The minimum Gasteiger partial charge on any atom is -0.383 e. The van der Waals surface area contributed by atoms with Crippen molar-refractivity contribution in [1.29, 1.82) is 0 Å². The third-order valence-corrected chi connectivity index (χ3v) is 7.61. The largest absolute Gasteiger partial charge is 0.383 e. The molecule has 2 heterocycles. The van der Waals surface area contributed by atoms with Crippen LogP contribution in [-0.2, 0) is 17.1 Å². The third-order valence-electron chi connectivity index (χ3n) is 3.84. The van der Waals surface area contributed by atoms with Crippen molar-refractivity contribution in [3.05, 3.63) is 63.9 Å². The van der Waals surface area contributed by atoms with Gasteiger partial charge >= 0.3 is 0 Å². The lowest BCUT2D eigenvalue weighted by molar-refractivity contribution is 0.224. The molecule has 1 aliphatic rings. The molecule has 8 nitrogen and oxygen atoms in total. The van der Waals surface area contributed by atoms with Crippen molar-refractivity contribution >= 4 is 38.8 Å². The fourth-order valence-corrected chi connectivity index (χ4v) is 5.40. The first-order valence-electron chi connectivity index (χ1n) is 7.73. The predicted octanol–water partition coefficient (Wildman–Crippen LogP) is 2.17. The zero-order chi connectivity index (χ0) is 19.0. The van der Waals surface area contributed by atoms with E-state index >= 15 is 0 Å². The number of sulfonamides is 1. The van der Waals surface area contributed by atoms with Gasteiger partial charge in [0.25, 0.3) is 10.0 Å². The Hall–Kier alpha value is -2.34. The number of rotatable bonds is 4. The predicted molar refractivity (Wildman–Crippen MR) is 102 cm³/mol. The minimum absolute atomic E-state index is 0.165. The van der Waals surface area contributed by atoms with Gasteiger partial charge in [0, 0.05) is 17.5 Å². The highest BCUT2D eigenvalue weighted by atomic mass is 32.2. The van der Waals surface area contributed by atoms with E-state index in [9.17, 15) is 13.5 Å². The number of aryl methyl sites for hydroxylation is 1. The van der Waals surface area contributed by atoms with Crippen molar-refractivity contribution in [2.75, 3.05) is 0 Å². The van der Waals surface area contributed by atoms with Gasteiger partial charge in [-0.1, -0.05) is 30.3 Å². The summed E-state index contributed by atoms with van der Waals surface area (Å²) in [6.45, 7) is 0. The molecule has 2 aromatic heterocycles. The van der Waals surface area contributed by atoms with E-state index < -0.39 is 16.1 Å². The second-order valence-electron chi connectivity index (χ2n) is 5.61. The van der Waals surface area contributed by atoms with E-state index in [1.54, 1.807) is 48.8 Å². The first kappa shape index (κ1) is 18.0. The Balaban J connectivity index is 1.83. The number of hydrogen-bond acceptors (Lipinski definition) is 8. The zero-order valence-corrected chi connectivity index (χ0v) is 16.4. The van der Waals surface area contributed by atoms with Crippen LogP contribution in [0.15, 0.2) is 66.5 Å². The average Bonchev–Trinajstić information content (AvgIpc) is 3.32. The summed E-state index contributed by atoms with van der Waals surface area (Å²) in [5.41, 5.74) is 1.42. The molecule has 0 spiro atoms. The molecular formula is C16H13N5O3S3. The molecule has 0 saturated carbocycles. The highest BCUT2D eigenvalue weighted by Crippen LogP contribution is 2.39. The molecule has 1 aliphatic carbocycles. The quantitative estimate of drug-likeness (QED) is 0.690. The monoisotopic (exact) mass is 419 g/mol. The molecule has 4 rings (SSSR count). The lowest BCUT2D eigenvalue weighted by atomic mass is 9.93. The Morgan fingerprint density at radius 1 is 1.26 bits per heavy atom. The van der Waals surface area contributed by atoms with Crippen molar-refractivity contribution in [3.63, 3.8) is 0 Å². The third kappa shape index (κ3) is 3.46. The van der Waals surface area contributed by atoms with Crippen molar-refractivity contribution in [2.24, 2.45) is 11.4 Å². The van der Waals surface area contributed by atoms with E-state index in [4.69, 9.17) is 0 Å². The highest BCUT2D eigenvalue weighted by molar-refractivity contribution is 8.03. The standard InChI is InChI=1S/C16H13N5O3S3/c1-21-16(17-19-20-21)26-13-9-12(10-5-2-3-6-11(10)15(13)22)18-27(23,24)14-7-4-8-25-14/h2-9,15,22H,1H3/b18-12+. The number of tetrazole rings is 1. The molecule has 27 heavy (non-hydrogen) atoms. The van der Waals surface area contributed by atoms with E-state index in [1.807, 2.05) is 0 Å². The number of allylic oxidation sites excluding steroid dienone is 1. The van der Waals surface area contributed by atoms with Gasteiger partial charge in [0.2, 0.25) is 5.16 Å². The van der Waals surface area contributed by atoms with Gasteiger partial charge in [0.05, 0.1) is 5.71 Å². The molecule has 0 saturated heterocycles. The molecule has 1 aromatic carbocycles. The van der Waals surface area contributed by atoms with Gasteiger partial charge in [-0.05, 0) is 45.3 Å². The number of thiophene rings is 1. The molecular weight excluding hydrogens is 406 g/mol. The SMILES string of the molecule is Cn1nnnc1SC1=C/C(=N\S(=O)(=O)c2cccs2)c2ccccc2C1O. The second kappa shape index (κ2) is 7.00. The molecule has 11 heteroatoms. The number of aliphatic hydroxyl groups excluding tert-OH is 1. The van der Waals surface area contributed by atoms with Crippen LogP contribution in [0.25, 0.3) is 0 Å². The summed E-state index contributed by atoms with van der Waals surface area (Å²) in [6, 6.07) is 10.2. The van der Waals surface area contributed by atoms with Gasteiger partial charge in [0.1, 0.15) is 10.3 Å². The van der Waals surface area contributed by atoms with Crippen LogP contribution in [0.3, 0.4) is 0 Å². The van der Waals surface area contributed by atoms with E-state index in [0.717, 1.165) is 23.1 Å². The number of nitrogens with zero attached hydrogens (tertiary/aromatic N) is 5. The van der Waals surface area contributed by atoms with Gasteiger partial charge in [-0.15, -0.1) is 16.4 Å². The summed E-state index contributed by atoms with van der Waals surface area (Å²) < 4.78 is 30.9. The lowest BCUT2D eigenvalue weighted by Gasteiger charge is -2.23. The molecule has 0 amide bonds. The van der Waals surface area contributed by atoms with Crippen LogP contribution >= 0.6 is 23.1 Å². The van der Waals surface area contributed by atoms with Crippen molar-refractivity contribution < 1.29 is 13.5 Å². The van der Waals surface area contributed by atoms with Gasteiger partial charge in [-0.25, -0.2) is 4.68 Å². The smallest absolute Gasteiger partial charge is 0.292 e. The van der Waals surface area contributed by atoms with Crippen LogP contribution in [0, 0.1) is 0 Å². The van der Waals surface area contributed by atoms with Gasteiger partial charge in [0.15, 0.2) is 0 Å². The Bertz CT molecular complexity index is 1150. The second-order valence-corrected chi connectivity index (χ2v) is 9.43. The van der Waals surface area contributed by atoms with Gasteiger partial charge < -0.3 is 5.11 Å². The van der Waals surface area contributed by atoms with Gasteiger partial charge in [-0.3, -0.25) is 0 Å². The van der Waals surface area contributed by atoms with Crippen LogP contribution in [0.2, 0.25) is 0 Å². The van der Waals surface area contributed by atoms with Crippen LogP contribution in [0.5, 0.6) is 0 Å². The Kier molecular flexibility index (Phi) is 4.68. The Morgan fingerprint density at radius 3 is 2.78 bits per heavy atom. The first-order chi connectivity index (χ1) is 13.0. The Labute approximate surface area is 163 Å². The van der Waals surface area contributed by atoms with E-state index in [2.05, 4.69) is 19.9 Å². The van der Waals surface area contributed by atoms with E-state index in [1.165, 1.54) is 10.7 Å². The van der Waals surface area contributed by atoms with Crippen molar-refractivity contribution in [1.82, 2.24) is 20.2 Å². The summed E-state index contributed by atoms with van der Waals surface area (Å²) in [6.07, 6.45) is 0.642. The van der Waals surface area contributed by atoms with E-state index in [-0.39, 0.29) is 9.92 Å². The van der Waals surface area contributed by atoms with E-state index in [0.29, 0.717) is 21.2 Å². The van der Waals surface area contributed by atoms with Crippen LogP contribution in [0.4, 0.5) is 0 Å². The Morgan fingerprint density at radius 2 is 2.07 bits per heavy atom. The highest BCUT2D eigenvalue weighted by Gasteiger charge is 2.28. The molecule has 0 bridgehead atoms. The number of hydrogen-bond donors (Lipinski definition) is 1. The number of fused-ring (bicyclic) bond motifs is 1. The molecule has 0 fully saturated rings. The number of aliphatic hydroxyl groups is 1. The lowest BCUT2D eigenvalue weighted by Crippen LogP contribution is -2.16. The van der Waals surface area contributed by atoms with Gasteiger partial charge in [-0.2, -0.15) is 12.8 Å². The maximum Gasteiger partial charge on any atom is 0.292 e. The molecule has 0 radical (unpaired) electrons. The maximum absolute atomic E-state index is 12.6. The molecule has 3 aromatic rings. The molecule has 138 valence electrons. The molecule has 1 atom stereocenters. The van der Waals surface area contributed by atoms with Crippen molar-refractivity contribution in [3.8, 4) is 0 Å². The zero-order valence-electron chi connectivity index (χ0n) is 13.9. The molecule has 0 aliphatic heterocycles. The maximum atomic E-state index is 12.6. The fourth-order valence-electron chi connectivity index (χ4n) is 2.57. The topological polar surface area (TPSA) is 110 Å². The average molecular weight is 420 g/mol. The van der Waals surface area contributed by atoms with Crippen LogP contribution in [-0.4, -0.2) is 39.4 Å². The summed E-state index contributed by atoms with van der Waals surface area (Å²) in [7, 11) is -2.16. The van der Waals surface area contributed by atoms with Crippen LogP contribution in [0.1, 0.15) is 17.2 Å². The number of thioether (sulfide) groups is 1. The molecule has 1 unspecified atom stereocenters. The summed E-state index contributed by atoms with van der Waals surface area (Å²) in [5.74, 6) is 0. The van der Waals surface area contributed by atoms with Crippen LogP contribution < -0.4 is 0 Å². The summed E-state index contributed by atoms with van der Waals surface area (Å²) >= 11 is 2.27. The first-order valence-corrected chi connectivity index (χ1v) is 10.9. The van der Waals surface area contributed by atoms with Crippen molar-refractivity contribution in [2.45, 2.75) is 15.5 Å². The molecule has 1 N–H and O–H groups in total. The summed E-state index contributed by atoms with van der Waals surface area (Å²) in [4.78, 5) is 0.492. The minimum atomic E-state index is -3.84.